The van der Waals surface area contributed by atoms with Gasteiger partial charge in [0.05, 0.1) is 98.7 Å². The molecule has 0 atom stereocenters. The minimum absolute atomic E-state index is 0. The molecule has 0 amide bonds. The number of pyridine rings is 4. The minimum atomic E-state index is -1.61. The predicted molar refractivity (Wildman–Crippen MR) is 553 cm³/mol. The number of aryl methyl sites for hydroxylation is 4. The van der Waals surface area contributed by atoms with Crippen molar-refractivity contribution < 1.29 is 105 Å². The smallest absolute Gasteiger partial charge is 0.143 e. The SMILES string of the molecule is Cn1c(-c2ccccc2O)nc2c(-c3[c-]c(-c4cc([Si](C)(C)C)ccn4)ccc3)cccc21.Cn1c(-c2ccccc2O)nc2c(-c3[c-]c(-c4cc([Si](C)(C)C)ccn4)ccc3)cccc21.Cn1c(-c2ccccc2O)nc2c(-c3[c-]c(-c4ccccn4)ccc3)cc([Si](C)(C)C)cc21.Cn1c(-c2ccccc2O)nc2c(-c3[c-]c(-c4ccccn4)ccc3)cc([Si](C)(C)C)cc21.[Pt].[Pt].[Pt].[Pt]. The van der Waals surface area contributed by atoms with Crippen LogP contribution in [-0.2, 0) is 112 Å². The molecule has 0 saturated carbocycles. The normalized spacial score (nSPS) is 11.4. The van der Waals surface area contributed by atoms with E-state index < -0.39 is 32.3 Å². The van der Waals surface area contributed by atoms with Crippen LogP contribution in [0, 0.1) is 24.3 Å². The Morgan fingerprint density at radius 1 is 0.213 bits per heavy atom. The fourth-order valence-corrected chi connectivity index (χ4v) is 21.1. The maximum Gasteiger partial charge on any atom is 0.143 e. The Kier molecular flexibility index (Phi) is 31.5. The molecule has 16 nitrogen and oxygen atoms in total. The molecule has 8 heterocycles. The Morgan fingerprint density at radius 3 is 0.743 bits per heavy atom. The number of hydrogen-bond donors (Lipinski definition) is 4. The van der Waals surface area contributed by atoms with Crippen molar-refractivity contribution in [1.82, 2.24) is 58.1 Å². The van der Waals surface area contributed by atoms with E-state index in [2.05, 4.69) is 265 Å². The molecular formula is C112H104N12O4Pt4Si4-4. The maximum atomic E-state index is 10.5. The summed E-state index contributed by atoms with van der Waals surface area (Å²) < 4.78 is 8.22. The molecule has 20 rings (SSSR count). The molecule has 0 bridgehead atoms. The van der Waals surface area contributed by atoms with E-state index in [9.17, 15) is 20.4 Å². The summed E-state index contributed by atoms with van der Waals surface area (Å²) in [5.41, 5.74) is 26.2. The summed E-state index contributed by atoms with van der Waals surface area (Å²) in [5.74, 6) is 3.86. The van der Waals surface area contributed by atoms with Crippen molar-refractivity contribution in [3.05, 3.63) is 340 Å². The number of phenols is 4. The van der Waals surface area contributed by atoms with Gasteiger partial charge in [-0.25, -0.2) is 19.9 Å². The van der Waals surface area contributed by atoms with Gasteiger partial charge in [0, 0.05) is 160 Å². The molecular weight excluding hydrogens is 2470 g/mol. The molecule has 0 spiro atoms. The molecule has 0 radical (unpaired) electrons. The molecule has 136 heavy (non-hydrogen) atoms. The van der Waals surface area contributed by atoms with E-state index >= 15 is 0 Å². The Labute approximate surface area is 857 Å². The number of benzene rings is 12. The van der Waals surface area contributed by atoms with Crippen LogP contribution in [0.3, 0.4) is 0 Å². The second kappa shape index (κ2) is 42.3. The maximum absolute atomic E-state index is 10.5. The molecule has 0 fully saturated rings. The number of imidazole rings is 4. The number of aromatic nitrogens is 12. The van der Waals surface area contributed by atoms with Gasteiger partial charge < -0.3 is 38.7 Å². The van der Waals surface area contributed by atoms with E-state index in [1.807, 2.05) is 183 Å². The summed E-state index contributed by atoms with van der Waals surface area (Å²) in [5, 5.41) is 47.2. The van der Waals surface area contributed by atoms with Crippen molar-refractivity contribution in [3.8, 4) is 158 Å². The Balaban J connectivity index is 0.000000152. The third kappa shape index (κ3) is 21.5. The number of fused-ring (bicyclic) bond motifs is 4. The van der Waals surface area contributed by atoms with Crippen LogP contribution in [0.1, 0.15) is 0 Å². The molecule has 0 unspecified atom stereocenters. The van der Waals surface area contributed by atoms with Crippen LogP contribution in [-0.4, -0.2) is 111 Å². The summed E-state index contributed by atoms with van der Waals surface area (Å²) >= 11 is 0. The summed E-state index contributed by atoms with van der Waals surface area (Å²) in [6.07, 6.45) is 7.41. The van der Waals surface area contributed by atoms with Crippen LogP contribution in [0.15, 0.2) is 316 Å². The quantitative estimate of drug-likeness (QED) is 0.0527. The average molecular weight is 2570 g/mol. The van der Waals surface area contributed by atoms with Crippen molar-refractivity contribution >= 4 is 97.2 Å². The zero-order chi connectivity index (χ0) is 92.7. The number of hydrogen-bond acceptors (Lipinski definition) is 12. The number of rotatable bonds is 16. The second-order valence-electron chi connectivity index (χ2n) is 37.4. The number of nitrogens with zero attached hydrogens (tertiary/aromatic N) is 12. The zero-order valence-electron chi connectivity index (χ0n) is 78.4. The van der Waals surface area contributed by atoms with Crippen LogP contribution in [0.25, 0.3) is 179 Å². The van der Waals surface area contributed by atoms with Crippen LogP contribution < -0.4 is 20.7 Å². The molecule has 20 aromatic rings. The van der Waals surface area contributed by atoms with Crippen molar-refractivity contribution in [2.75, 3.05) is 0 Å². The van der Waals surface area contributed by atoms with Gasteiger partial charge >= 0.3 is 0 Å². The summed E-state index contributed by atoms with van der Waals surface area (Å²) in [4.78, 5) is 38.2. The van der Waals surface area contributed by atoms with E-state index in [-0.39, 0.29) is 107 Å². The first kappa shape index (κ1) is 101. The van der Waals surface area contributed by atoms with Gasteiger partial charge in [-0.1, -0.05) is 265 Å². The molecule has 0 saturated heterocycles. The summed E-state index contributed by atoms with van der Waals surface area (Å²) in [7, 11) is 1.89. The van der Waals surface area contributed by atoms with Crippen LogP contribution >= 0.6 is 0 Å². The molecule has 696 valence electrons. The first-order chi connectivity index (χ1) is 63.3. The molecule has 4 N–H and O–H groups in total. The van der Waals surface area contributed by atoms with Gasteiger partial charge in [0.1, 0.15) is 46.3 Å². The molecule has 24 heteroatoms. The van der Waals surface area contributed by atoms with Gasteiger partial charge in [0.2, 0.25) is 0 Å². The van der Waals surface area contributed by atoms with Gasteiger partial charge in [-0.15, -0.1) is 119 Å². The standard InChI is InChI=1S/4C28H26N3OSi.4Pt/c2*1-31-25-13-8-12-22(27(25)30-28(31)23-11-5-6-14-26(23)32)19-9-7-10-20(17-19)24-18-21(15-16-29-24)33(2,3)4;2*1-31-25-18-21(33(2,3)4)17-23(27(25)30-28(31)22-12-5-6-14-26(22)32)19-10-9-11-20(16-19)24-13-7-8-15-29-24;;;;/h2*5-16,18,32H,1-4H3;2*5-15,17-18,32H,1-4H3;;;;/q4*-1;;;;. The van der Waals surface area contributed by atoms with Crippen molar-refractivity contribution in [1.29, 1.82) is 0 Å². The molecule has 0 aliphatic rings. The van der Waals surface area contributed by atoms with Crippen LogP contribution in [0.2, 0.25) is 78.6 Å². The van der Waals surface area contributed by atoms with Crippen molar-refractivity contribution in [2.45, 2.75) is 78.6 Å². The van der Waals surface area contributed by atoms with Gasteiger partial charge in [-0.3, -0.25) is 19.9 Å². The number of para-hydroxylation sites is 6. The van der Waals surface area contributed by atoms with Gasteiger partial charge in [-0.05, 0) is 97.1 Å². The topological polar surface area (TPSA) is 204 Å². The summed E-state index contributed by atoms with van der Waals surface area (Å²) in [6, 6.07) is 110. The predicted octanol–water partition coefficient (Wildman–Crippen LogP) is 24.1. The van der Waals surface area contributed by atoms with Gasteiger partial charge in [0.25, 0.3) is 0 Å². The van der Waals surface area contributed by atoms with E-state index in [4.69, 9.17) is 19.9 Å². The van der Waals surface area contributed by atoms with E-state index in [1.165, 1.54) is 20.7 Å². The number of phenolic OH excluding ortho intramolecular Hbond substituents is 4. The Morgan fingerprint density at radius 2 is 0.456 bits per heavy atom. The van der Waals surface area contributed by atoms with Crippen LogP contribution in [0.5, 0.6) is 23.0 Å². The molecule has 12 aromatic carbocycles. The summed E-state index contributed by atoms with van der Waals surface area (Å²) in [6.45, 7) is 28.2. The Bertz CT molecular complexity index is 7280. The first-order valence-electron chi connectivity index (χ1n) is 44.2. The second-order valence-corrected chi connectivity index (χ2v) is 57.7. The average Bonchev–Trinajstić information content (AvgIpc) is 1.60. The third-order valence-electron chi connectivity index (χ3n) is 24.1. The minimum Gasteiger partial charge on any atom is -0.507 e. The zero-order valence-corrected chi connectivity index (χ0v) is 91.5. The van der Waals surface area contributed by atoms with Gasteiger partial charge in [0.15, 0.2) is 0 Å². The van der Waals surface area contributed by atoms with E-state index in [0.29, 0.717) is 11.1 Å². The van der Waals surface area contributed by atoms with Crippen molar-refractivity contribution in [3.63, 3.8) is 0 Å². The molecule has 0 aliphatic heterocycles. The monoisotopic (exact) mass is 2570 g/mol. The van der Waals surface area contributed by atoms with Gasteiger partial charge in [-0.2, -0.15) is 0 Å². The largest absolute Gasteiger partial charge is 0.507 e. The van der Waals surface area contributed by atoms with E-state index in [1.54, 1.807) is 36.7 Å². The fourth-order valence-electron chi connectivity index (χ4n) is 16.6. The van der Waals surface area contributed by atoms with E-state index in [0.717, 1.165) is 168 Å². The molecule has 8 aromatic heterocycles. The first-order valence-corrected chi connectivity index (χ1v) is 58.2. The third-order valence-corrected chi connectivity index (χ3v) is 32.3. The Hall–Kier alpha value is -12.1. The van der Waals surface area contributed by atoms with Crippen molar-refractivity contribution in [2.24, 2.45) is 28.2 Å². The molecule has 0 aliphatic carbocycles. The van der Waals surface area contributed by atoms with Crippen LogP contribution in [0.4, 0.5) is 0 Å². The fraction of sp³-hybridized carbons (Fsp3) is 0.143. The number of aromatic hydroxyl groups is 4.